The number of carbonyl (C=O) groups excluding carboxylic acids is 1. The van der Waals surface area contributed by atoms with Crippen molar-refractivity contribution in [1.29, 1.82) is 0 Å². The Hall–Kier alpha value is -0.810. The molecule has 0 spiro atoms. The van der Waals surface area contributed by atoms with Crippen molar-refractivity contribution in [2.24, 2.45) is 5.92 Å². The van der Waals surface area contributed by atoms with E-state index in [9.17, 15) is 4.79 Å². The molecule has 13 heavy (non-hydrogen) atoms. The van der Waals surface area contributed by atoms with E-state index < -0.39 is 0 Å². The number of hydrogen-bond donors (Lipinski definition) is 1. The van der Waals surface area contributed by atoms with Crippen molar-refractivity contribution < 1.29 is 4.79 Å². The normalized spacial score (nSPS) is 20.8. The molecule has 0 aromatic rings. The molecule has 1 aliphatic rings. The van der Waals surface area contributed by atoms with E-state index in [-0.39, 0.29) is 0 Å². The molecule has 0 aliphatic carbocycles. The van der Waals surface area contributed by atoms with Gasteiger partial charge in [-0.05, 0) is 32.4 Å². The molecule has 1 rings (SSSR count). The van der Waals surface area contributed by atoms with Gasteiger partial charge in [-0.1, -0.05) is 0 Å². The van der Waals surface area contributed by atoms with Crippen LogP contribution >= 0.6 is 0 Å². The summed E-state index contributed by atoms with van der Waals surface area (Å²) in [5.74, 6) is 6.68. The number of rotatable bonds is 4. The van der Waals surface area contributed by atoms with E-state index in [4.69, 9.17) is 0 Å². The van der Waals surface area contributed by atoms with Crippen molar-refractivity contribution in [2.45, 2.75) is 32.6 Å². The second-order valence-electron chi connectivity index (χ2n) is 3.53. The highest BCUT2D eigenvalue weighted by molar-refractivity contribution is 5.78. The molecule has 1 saturated heterocycles. The molecular formula is C11H17NO. The average molecular weight is 179 g/mol. The molecule has 0 aromatic heterocycles. The molecule has 0 amide bonds. The van der Waals surface area contributed by atoms with Crippen LogP contribution in [0.1, 0.15) is 32.6 Å². The highest BCUT2D eigenvalue weighted by Crippen LogP contribution is 2.13. The molecule has 0 bridgehead atoms. The third-order valence-electron chi connectivity index (χ3n) is 2.38. The summed E-state index contributed by atoms with van der Waals surface area (Å²) in [6.45, 7) is 3.91. The molecule has 2 heteroatoms. The van der Waals surface area contributed by atoms with Gasteiger partial charge < -0.3 is 5.32 Å². The van der Waals surface area contributed by atoms with Crippen molar-refractivity contribution in [2.75, 3.05) is 13.1 Å². The van der Waals surface area contributed by atoms with Crippen LogP contribution in [0.5, 0.6) is 0 Å². The molecular weight excluding hydrogens is 162 g/mol. The van der Waals surface area contributed by atoms with E-state index >= 15 is 0 Å². The summed E-state index contributed by atoms with van der Waals surface area (Å²) in [5, 5.41) is 3.26. The highest BCUT2D eigenvalue weighted by Gasteiger charge is 2.17. The Morgan fingerprint density at radius 3 is 3.08 bits per heavy atom. The Morgan fingerprint density at radius 1 is 1.62 bits per heavy atom. The molecule has 1 aliphatic heterocycles. The maximum atomic E-state index is 11.4. The van der Waals surface area contributed by atoms with Gasteiger partial charge in [0.25, 0.3) is 0 Å². The molecule has 0 radical (unpaired) electrons. The average Bonchev–Trinajstić information content (AvgIpc) is 2.57. The van der Waals surface area contributed by atoms with E-state index in [1.807, 2.05) is 6.92 Å². The maximum absolute atomic E-state index is 11.4. The summed E-state index contributed by atoms with van der Waals surface area (Å²) in [6, 6.07) is 0. The highest BCUT2D eigenvalue weighted by atomic mass is 16.1. The van der Waals surface area contributed by atoms with Crippen LogP contribution in [0.3, 0.4) is 0 Å². The lowest BCUT2D eigenvalue weighted by atomic mass is 10.00. The van der Waals surface area contributed by atoms with Gasteiger partial charge in [0.15, 0.2) is 0 Å². The van der Waals surface area contributed by atoms with Crippen LogP contribution in [0.4, 0.5) is 0 Å². The molecule has 0 aromatic carbocycles. The standard InChI is InChI=1S/C11H17NO/c1-2-3-4-5-11(13)8-10-6-7-12-9-10/h10,12H,4-9H2,1H3. The second-order valence-corrected chi connectivity index (χ2v) is 3.53. The van der Waals surface area contributed by atoms with Gasteiger partial charge >= 0.3 is 0 Å². The van der Waals surface area contributed by atoms with Crippen molar-refractivity contribution in [3.63, 3.8) is 0 Å². The van der Waals surface area contributed by atoms with Crippen LogP contribution in [-0.2, 0) is 4.79 Å². The summed E-state index contributed by atoms with van der Waals surface area (Å²) in [5.41, 5.74) is 0. The minimum atomic E-state index is 0.372. The van der Waals surface area contributed by atoms with Gasteiger partial charge in [0.2, 0.25) is 0 Å². The lowest BCUT2D eigenvalue weighted by molar-refractivity contribution is -0.119. The Balaban J connectivity index is 2.11. The van der Waals surface area contributed by atoms with Crippen molar-refractivity contribution in [3.05, 3.63) is 0 Å². The minimum absolute atomic E-state index is 0.372. The first kappa shape index (κ1) is 10.3. The Kier molecular flexibility index (Phi) is 4.56. The van der Waals surface area contributed by atoms with Crippen LogP contribution in [0, 0.1) is 17.8 Å². The fourth-order valence-electron chi connectivity index (χ4n) is 1.64. The third-order valence-corrected chi connectivity index (χ3v) is 2.38. The SMILES string of the molecule is CC#CCCC(=O)CC1CCNC1. The van der Waals surface area contributed by atoms with E-state index in [0.29, 0.717) is 18.1 Å². The predicted octanol–water partition coefficient (Wildman–Crippen LogP) is 1.36. The van der Waals surface area contributed by atoms with Gasteiger partial charge in [0.1, 0.15) is 5.78 Å². The summed E-state index contributed by atoms with van der Waals surface area (Å²) in [4.78, 5) is 11.4. The van der Waals surface area contributed by atoms with Crippen molar-refractivity contribution in [3.8, 4) is 11.8 Å². The Bertz CT molecular complexity index is 218. The summed E-state index contributed by atoms with van der Waals surface area (Å²) < 4.78 is 0. The van der Waals surface area contributed by atoms with Crippen LogP contribution in [0.2, 0.25) is 0 Å². The van der Waals surface area contributed by atoms with Gasteiger partial charge in [-0.25, -0.2) is 0 Å². The van der Waals surface area contributed by atoms with Gasteiger partial charge in [-0.15, -0.1) is 11.8 Å². The van der Waals surface area contributed by atoms with Gasteiger partial charge in [-0.2, -0.15) is 0 Å². The number of Topliss-reactive ketones (excluding diaryl/α,β-unsaturated/α-hetero) is 1. The van der Waals surface area contributed by atoms with Crippen molar-refractivity contribution >= 4 is 5.78 Å². The predicted molar refractivity (Wildman–Crippen MR) is 53.3 cm³/mol. The number of hydrogen-bond acceptors (Lipinski definition) is 2. The molecule has 1 fully saturated rings. The summed E-state index contributed by atoms with van der Waals surface area (Å²) in [7, 11) is 0. The Labute approximate surface area is 80.1 Å². The zero-order valence-corrected chi connectivity index (χ0v) is 8.23. The maximum Gasteiger partial charge on any atom is 0.134 e. The van der Waals surface area contributed by atoms with E-state index in [1.54, 1.807) is 0 Å². The smallest absolute Gasteiger partial charge is 0.134 e. The first-order chi connectivity index (χ1) is 6.33. The zero-order valence-electron chi connectivity index (χ0n) is 8.23. The molecule has 1 unspecified atom stereocenters. The zero-order chi connectivity index (χ0) is 9.52. The van der Waals surface area contributed by atoms with Crippen molar-refractivity contribution in [1.82, 2.24) is 5.32 Å². The monoisotopic (exact) mass is 179 g/mol. The van der Waals surface area contributed by atoms with Gasteiger partial charge in [0.05, 0.1) is 0 Å². The van der Waals surface area contributed by atoms with Gasteiger partial charge in [0, 0.05) is 19.3 Å². The molecule has 1 atom stereocenters. The molecule has 72 valence electrons. The molecule has 0 saturated carbocycles. The second kappa shape index (κ2) is 5.77. The molecule has 1 N–H and O–H groups in total. The quantitative estimate of drug-likeness (QED) is 0.660. The van der Waals surface area contributed by atoms with Crippen LogP contribution in [-0.4, -0.2) is 18.9 Å². The molecule has 2 nitrogen and oxygen atoms in total. The Morgan fingerprint density at radius 2 is 2.46 bits per heavy atom. The lowest BCUT2D eigenvalue weighted by Crippen LogP contribution is -2.12. The lowest BCUT2D eigenvalue weighted by Gasteiger charge is -2.04. The van der Waals surface area contributed by atoms with Crippen LogP contribution in [0.25, 0.3) is 0 Å². The third kappa shape index (κ3) is 4.10. The minimum Gasteiger partial charge on any atom is -0.316 e. The fourth-order valence-corrected chi connectivity index (χ4v) is 1.64. The summed E-state index contributed by atoms with van der Waals surface area (Å²) >= 11 is 0. The van der Waals surface area contributed by atoms with Crippen LogP contribution in [0.15, 0.2) is 0 Å². The van der Waals surface area contributed by atoms with E-state index in [2.05, 4.69) is 17.2 Å². The number of ketones is 1. The van der Waals surface area contributed by atoms with E-state index in [1.165, 1.54) is 0 Å². The first-order valence-electron chi connectivity index (χ1n) is 4.95. The topological polar surface area (TPSA) is 29.1 Å². The van der Waals surface area contributed by atoms with E-state index in [0.717, 1.165) is 32.4 Å². The molecule has 1 heterocycles. The largest absolute Gasteiger partial charge is 0.316 e. The number of carbonyl (C=O) groups is 1. The fraction of sp³-hybridized carbons (Fsp3) is 0.727. The van der Waals surface area contributed by atoms with Gasteiger partial charge in [-0.3, -0.25) is 4.79 Å². The van der Waals surface area contributed by atoms with Crippen LogP contribution < -0.4 is 5.32 Å². The summed E-state index contributed by atoms with van der Waals surface area (Å²) in [6.07, 6.45) is 3.27. The first-order valence-corrected chi connectivity index (χ1v) is 4.95. The number of nitrogens with one attached hydrogen (secondary N) is 1.